The Balaban J connectivity index is 2.23. The van der Waals surface area contributed by atoms with Gasteiger partial charge in [-0.15, -0.1) is 0 Å². The van der Waals surface area contributed by atoms with E-state index in [-0.39, 0.29) is 11.4 Å². The van der Waals surface area contributed by atoms with Crippen molar-refractivity contribution in [2.45, 2.75) is 26.7 Å². The molecule has 2 aromatic carbocycles. The zero-order chi connectivity index (χ0) is 16.3. The second kappa shape index (κ2) is 6.34. The van der Waals surface area contributed by atoms with Crippen molar-refractivity contribution in [1.29, 1.82) is 0 Å². The van der Waals surface area contributed by atoms with Gasteiger partial charge in [0.05, 0.1) is 9.85 Å². The maximum atomic E-state index is 10.8. The first-order chi connectivity index (χ1) is 10.4. The first-order valence-corrected chi connectivity index (χ1v) is 6.86. The molecular formula is C16H16N2O4. The molecule has 0 saturated carbocycles. The summed E-state index contributed by atoms with van der Waals surface area (Å²) < 4.78 is 0. The van der Waals surface area contributed by atoms with Gasteiger partial charge in [-0.2, -0.15) is 0 Å². The smallest absolute Gasteiger partial charge is 0.258 e. The third kappa shape index (κ3) is 3.46. The third-order valence-electron chi connectivity index (χ3n) is 3.75. The van der Waals surface area contributed by atoms with E-state index in [1.54, 1.807) is 24.3 Å². The van der Waals surface area contributed by atoms with E-state index in [2.05, 4.69) is 0 Å². The van der Waals surface area contributed by atoms with Crippen molar-refractivity contribution >= 4 is 11.4 Å². The number of nitrogens with zero attached hydrogens (tertiary/aromatic N) is 2. The van der Waals surface area contributed by atoms with Crippen LogP contribution in [-0.4, -0.2) is 9.85 Å². The van der Waals surface area contributed by atoms with Crippen molar-refractivity contribution in [3.8, 4) is 0 Å². The first-order valence-electron chi connectivity index (χ1n) is 6.86. The molecule has 0 bridgehead atoms. The van der Waals surface area contributed by atoms with E-state index in [0.717, 1.165) is 22.3 Å². The second-order valence-corrected chi connectivity index (χ2v) is 5.24. The van der Waals surface area contributed by atoms with Gasteiger partial charge in [0, 0.05) is 24.3 Å². The van der Waals surface area contributed by atoms with Crippen LogP contribution in [0.3, 0.4) is 0 Å². The molecule has 0 radical (unpaired) electrons. The zero-order valence-electron chi connectivity index (χ0n) is 12.4. The summed E-state index contributed by atoms with van der Waals surface area (Å²) in [6.45, 7) is 3.80. The van der Waals surface area contributed by atoms with E-state index in [1.807, 2.05) is 13.8 Å². The summed E-state index contributed by atoms with van der Waals surface area (Å²) in [4.78, 5) is 20.9. The lowest BCUT2D eigenvalue weighted by Gasteiger charge is -2.08. The Labute approximate surface area is 127 Å². The molecule has 0 aliphatic heterocycles. The number of nitro groups is 2. The molecule has 0 aliphatic rings. The van der Waals surface area contributed by atoms with Crippen molar-refractivity contribution < 1.29 is 9.85 Å². The standard InChI is InChI=1S/C16H16N2O4/c1-11-3-7-15(17(19)20)9-13(11)5-6-14-10-16(18(21)22)8-4-12(14)2/h3-4,7-10H,5-6H2,1-2H3. The molecule has 22 heavy (non-hydrogen) atoms. The lowest BCUT2D eigenvalue weighted by molar-refractivity contribution is -0.385. The van der Waals surface area contributed by atoms with Gasteiger partial charge in [0.1, 0.15) is 0 Å². The summed E-state index contributed by atoms with van der Waals surface area (Å²) >= 11 is 0. The molecule has 2 rings (SSSR count). The fourth-order valence-electron chi connectivity index (χ4n) is 2.35. The number of nitro benzene ring substituents is 2. The van der Waals surface area contributed by atoms with Crippen LogP contribution in [0.25, 0.3) is 0 Å². The van der Waals surface area contributed by atoms with Gasteiger partial charge in [0.15, 0.2) is 0 Å². The van der Waals surface area contributed by atoms with Crippen LogP contribution in [0.2, 0.25) is 0 Å². The predicted octanol–water partition coefficient (Wildman–Crippen LogP) is 3.91. The van der Waals surface area contributed by atoms with Crippen LogP contribution in [0.15, 0.2) is 36.4 Å². The largest absolute Gasteiger partial charge is 0.269 e. The molecule has 0 fully saturated rings. The van der Waals surface area contributed by atoms with Gasteiger partial charge in [-0.3, -0.25) is 20.2 Å². The summed E-state index contributed by atoms with van der Waals surface area (Å²) in [7, 11) is 0. The average molecular weight is 300 g/mol. The number of non-ortho nitro benzene ring substituents is 2. The highest BCUT2D eigenvalue weighted by Gasteiger charge is 2.11. The number of hydrogen-bond donors (Lipinski definition) is 0. The molecule has 0 aliphatic carbocycles. The lowest BCUT2D eigenvalue weighted by atomic mass is 9.97. The molecule has 6 nitrogen and oxygen atoms in total. The molecule has 6 heteroatoms. The molecule has 0 saturated heterocycles. The predicted molar refractivity (Wildman–Crippen MR) is 83.1 cm³/mol. The minimum atomic E-state index is -0.415. The van der Waals surface area contributed by atoms with Crippen LogP contribution >= 0.6 is 0 Å². The van der Waals surface area contributed by atoms with Crippen LogP contribution < -0.4 is 0 Å². The topological polar surface area (TPSA) is 86.3 Å². The zero-order valence-corrected chi connectivity index (χ0v) is 12.4. The van der Waals surface area contributed by atoms with Crippen LogP contribution in [0, 0.1) is 34.1 Å². The Morgan fingerprint density at radius 3 is 1.45 bits per heavy atom. The summed E-state index contributed by atoms with van der Waals surface area (Å²) in [5, 5.41) is 21.7. The van der Waals surface area contributed by atoms with Crippen molar-refractivity contribution in [1.82, 2.24) is 0 Å². The van der Waals surface area contributed by atoms with Gasteiger partial charge in [0.2, 0.25) is 0 Å². The molecule has 0 atom stereocenters. The highest BCUT2D eigenvalue weighted by molar-refractivity contribution is 5.42. The van der Waals surface area contributed by atoms with Crippen LogP contribution in [0.4, 0.5) is 11.4 Å². The van der Waals surface area contributed by atoms with Crippen LogP contribution in [0.5, 0.6) is 0 Å². The van der Waals surface area contributed by atoms with Crippen LogP contribution in [-0.2, 0) is 12.8 Å². The molecule has 0 N–H and O–H groups in total. The summed E-state index contributed by atoms with van der Waals surface area (Å²) in [5.74, 6) is 0. The van der Waals surface area contributed by atoms with Crippen LogP contribution in [0.1, 0.15) is 22.3 Å². The normalized spacial score (nSPS) is 10.5. The quantitative estimate of drug-likeness (QED) is 0.619. The number of benzene rings is 2. The maximum absolute atomic E-state index is 10.8. The Bertz CT molecular complexity index is 677. The third-order valence-corrected chi connectivity index (χ3v) is 3.75. The van der Waals surface area contributed by atoms with Gasteiger partial charge in [-0.25, -0.2) is 0 Å². The molecular weight excluding hydrogens is 284 g/mol. The first kappa shape index (κ1) is 15.6. The lowest BCUT2D eigenvalue weighted by Crippen LogP contribution is -1.99. The van der Waals surface area contributed by atoms with Crippen molar-refractivity contribution in [3.63, 3.8) is 0 Å². The second-order valence-electron chi connectivity index (χ2n) is 5.24. The summed E-state index contributed by atoms with van der Waals surface area (Å²) in [6.07, 6.45) is 1.21. The minimum absolute atomic E-state index is 0.0661. The van der Waals surface area contributed by atoms with E-state index >= 15 is 0 Å². The Kier molecular flexibility index (Phi) is 4.50. The maximum Gasteiger partial charge on any atom is 0.269 e. The highest BCUT2D eigenvalue weighted by atomic mass is 16.6. The van der Waals surface area contributed by atoms with Gasteiger partial charge in [-0.1, -0.05) is 12.1 Å². The molecule has 0 aromatic heterocycles. The summed E-state index contributed by atoms with van der Waals surface area (Å²) in [5.41, 5.74) is 3.87. The summed E-state index contributed by atoms with van der Waals surface area (Å²) in [6, 6.07) is 9.57. The average Bonchev–Trinajstić information content (AvgIpc) is 2.47. The molecule has 0 amide bonds. The van der Waals surface area contributed by atoms with E-state index < -0.39 is 9.85 Å². The van der Waals surface area contributed by atoms with E-state index in [4.69, 9.17) is 0 Å². The molecule has 0 unspecified atom stereocenters. The monoisotopic (exact) mass is 300 g/mol. The molecule has 2 aromatic rings. The Hall–Kier alpha value is -2.76. The highest BCUT2D eigenvalue weighted by Crippen LogP contribution is 2.22. The Morgan fingerprint density at radius 1 is 0.773 bits per heavy atom. The number of hydrogen-bond acceptors (Lipinski definition) is 4. The fourth-order valence-corrected chi connectivity index (χ4v) is 2.35. The van der Waals surface area contributed by atoms with E-state index in [9.17, 15) is 20.2 Å². The fraction of sp³-hybridized carbons (Fsp3) is 0.250. The SMILES string of the molecule is Cc1ccc([N+](=O)[O-])cc1CCc1cc([N+](=O)[O-])ccc1C. The van der Waals surface area contributed by atoms with Gasteiger partial charge >= 0.3 is 0 Å². The minimum Gasteiger partial charge on any atom is -0.258 e. The Morgan fingerprint density at radius 2 is 1.14 bits per heavy atom. The molecule has 0 heterocycles. The van der Waals surface area contributed by atoms with E-state index in [1.165, 1.54) is 12.1 Å². The molecule has 0 spiro atoms. The van der Waals surface area contributed by atoms with Crippen molar-refractivity contribution in [2.24, 2.45) is 0 Å². The number of aryl methyl sites for hydroxylation is 4. The van der Waals surface area contributed by atoms with Gasteiger partial charge < -0.3 is 0 Å². The number of rotatable bonds is 5. The van der Waals surface area contributed by atoms with E-state index in [0.29, 0.717) is 12.8 Å². The van der Waals surface area contributed by atoms with Crippen molar-refractivity contribution in [2.75, 3.05) is 0 Å². The molecule has 114 valence electrons. The van der Waals surface area contributed by atoms with Gasteiger partial charge in [0.25, 0.3) is 11.4 Å². The van der Waals surface area contributed by atoms with Gasteiger partial charge in [-0.05, 0) is 48.9 Å². The van der Waals surface area contributed by atoms with Crippen molar-refractivity contribution in [3.05, 3.63) is 78.9 Å².